The second-order valence-electron chi connectivity index (χ2n) is 8.12. The van der Waals surface area contributed by atoms with Crippen molar-refractivity contribution in [3.8, 4) is 11.5 Å². The third kappa shape index (κ3) is 4.59. The van der Waals surface area contributed by atoms with Gasteiger partial charge in [-0.2, -0.15) is 0 Å². The Kier molecular flexibility index (Phi) is 6.52. The molecule has 0 N–H and O–H groups in total. The Labute approximate surface area is 177 Å². The maximum atomic E-state index is 12.6. The molecular weight excluding hydrogens is 382 g/mol. The summed E-state index contributed by atoms with van der Waals surface area (Å²) in [5.74, 6) is 1.74. The molecule has 0 aliphatic carbocycles. The molecule has 0 radical (unpaired) electrons. The highest BCUT2D eigenvalue weighted by atomic mass is 16.5. The predicted octanol–water partition coefficient (Wildman–Crippen LogP) is 2.76. The van der Waals surface area contributed by atoms with Crippen LogP contribution in [0.3, 0.4) is 0 Å². The van der Waals surface area contributed by atoms with Gasteiger partial charge in [-0.25, -0.2) is 4.68 Å². The van der Waals surface area contributed by atoms with Crippen LogP contribution in [0.5, 0.6) is 11.5 Å². The van der Waals surface area contributed by atoms with E-state index < -0.39 is 0 Å². The van der Waals surface area contributed by atoms with Crippen molar-refractivity contribution in [1.29, 1.82) is 0 Å². The van der Waals surface area contributed by atoms with Crippen LogP contribution in [0.2, 0.25) is 0 Å². The Morgan fingerprint density at radius 3 is 2.53 bits per heavy atom. The van der Waals surface area contributed by atoms with Gasteiger partial charge in [0.25, 0.3) is 5.91 Å². The molecule has 0 unspecified atom stereocenters. The summed E-state index contributed by atoms with van der Waals surface area (Å²) in [6.07, 6.45) is 7.16. The minimum Gasteiger partial charge on any atom is -0.497 e. The number of nitrogens with zero attached hydrogens (tertiary/aromatic N) is 5. The van der Waals surface area contributed by atoms with E-state index >= 15 is 0 Å². The van der Waals surface area contributed by atoms with Crippen molar-refractivity contribution >= 4 is 5.91 Å². The summed E-state index contributed by atoms with van der Waals surface area (Å²) in [6.45, 7) is 4.40. The molecule has 0 spiro atoms. The number of amides is 1. The first-order valence-corrected chi connectivity index (χ1v) is 10.8. The van der Waals surface area contributed by atoms with Crippen molar-refractivity contribution in [2.45, 2.75) is 44.7 Å². The molecule has 8 nitrogen and oxygen atoms in total. The van der Waals surface area contributed by atoms with Gasteiger partial charge in [-0.3, -0.25) is 9.69 Å². The Hall–Kier alpha value is -2.61. The molecule has 1 aromatic heterocycles. The molecular formula is C22H31N5O3. The molecule has 162 valence electrons. The number of likely N-dealkylation sites (tertiary alicyclic amines) is 2. The molecule has 0 saturated carbocycles. The first-order valence-electron chi connectivity index (χ1n) is 10.8. The van der Waals surface area contributed by atoms with Gasteiger partial charge in [0.15, 0.2) is 5.69 Å². The number of methoxy groups -OCH3 is 2. The quantitative estimate of drug-likeness (QED) is 0.725. The summed E-state index contributed by atoms with van der Waals surface area (Å²) in [4.78, 5) is 17.0. The van der Waals surface area contributed by atoms with Crippen LogP contribution in [0, 0.1) is 0 Å². The average molecular weight is 414 g/mol. The van der Waals surface area contributed by atoms with Gasteiger partial charge in [0.2, 0.25) is 0 Å². The van der Waals surface area contributed by atoms with Crippen molar-refractivity contribution in [2.24, 2.45) is 0 Å². The Bertz CT molecular complexity index is 854. The maximum absolute atomic E-state index is 12.6. The van der Waals surface area contributed by atoms with E-state index in [1.54, 1.807) is 14.2 Å². The Morgan fingerprint density at radius 2 is 1.83 bits per heavy atom. The molecule has 30 heavy (non-hydrogen) atoms. The van der Waals surface area contributed by atoms with E-state index in [1.807, 2.05) is 34.0 Å². The summed E-state index contributed by atoms with van der Waals surface area (Å²) in [7, 11) is 3.38. The lowest BCUT2D eigenvalue weighted by Crippen LogP contribution is -2.36. The van der Waals surface area contributed by atoms with Crippen molar-refractivity contribution in [3.63, 3.8) is 0 Å². The van der Waals surface area contributed by atoms with Gasteiger partial charge in [0, 0.05) is 38.3 Å². The van der Waals surface area contributed by atoms with Crippen LogP contribution in [0.25, 0.3) is 0 Å². The highest BCUT2D eigenvalue weighted by Crippen LogP contribution is 2.28. The molecule has 2 aliphatic rings. The van der Waals surface area contributed by atoms with E-state index in [-0.39, 0.29) is 11.9 Å². The minimum atomic E-state index is 0.0171. The zero-order valence-corrected chi connectivity index (χ0v) is 17.9. The smallest absolute Gasteiger partial charge is 0.276 e. The van der Waals surface area contributed by atoms with Crippen LogP contribution in [0.4, 0.5) is 0 Å². The third-order valence-electron chi connectivity index (χ3n) is 6.19. The van der Waals surface area contributed by atoms with Gasteiger partial charge in [0.05, 0.1) is 26.5 Å². The highest BCUT2D eigenvalue weighted by molar-refractivity contribution is 5.91. The summed E-state index contributed by atoms with van der Waals surface area (Å²) in [5.41, 5.74) is 1.60. The first kappa shape index (κ1) is 20.7. The lowest BCUT2D eigenvalue weighted by molar-refractivity contribution is 0.0718. The molecule has 1 aromatic carbocycles. The van der Waals surface area contributed by atoms with Crippen molar-refractivity contribution in [2.75, 3.05) is 40.4 Å². The molecule has 8 heteroatoms. The maximum Gasteiger partial charge on any atom is 0.276 e. The number of aromatic nitrogens is 3. The zero-order valence-electron chi connectivity index (χ0n) is 17.9. The van der Waals surface area contributed by atoms with Gasteiger partial charge in [-0.15, -0.1) is 5.10 Å². The summed E-state index contributed by atoms with van der Waals surface area (Å²) < 4.78 is 12.8. The van der Waals surface area contributed by atoms with Crippen LogP contribution in [-0.4, -0.2) is 71.1 Å². The second kappa shape index (κ2) is 9.47. The third-order valence-corrected chi connectivity index (χ3v) is 6.19. The van der Waals surface area contributed by atoms with Crippen molar-refractivity contribution < 1.29 is 14.3 Å². The molecule has 2 fully saturated rings. The Balaban J connectivity index is 1.34. The van der Waals surface area contributed by atoms with Gasteiger partial charge >= 0.3 is 0 Å². The molecule has 1 amide bonds. The summed E-state index contributed by atoms with van der Waals surface area (Å²) in [6, 6.07) is 6.20. The lowest BCUT2D eigenvalue weighted by atomic mass is 10.0. The van der Waals surface area contributed by atoms with Crippen LogP contribution < -0.4 is 9.47 Å². The molecule has 0 bridgehead atoms. The number of hydrogen-bond acceptors (Lipinski definition) is 6. The number of ether oxygens (including phenoxy) is 2. The van der Waals surface area contributed by atoms with Gasteiger partial charge in [-0.05, 0) is 50.3 Å². The van der Waals surface area contributed by atoms with Crippen molar-refractivity contribution in [3.05, 3.63) is 35.7 Å². The molecule has 2 aromatic rings. The monoisotopic (exact) mass is 413 g/mol. The minimum absolute atomic E-state index is 0.0171. The molecule has 0 atom stereocenters. The molecule has 3 heterocycles. The largest absolute Gasteiger partial charge is 0.497 e. The van der Waals surface area contributed by atoms with E-state index in [1.165, 1.54) is 6.42 Å². The molecule has 2 aliphatic heterocycles. The zero-order chi connectivity index (χ0) is 20.9. The fourth-order valence-corrected chi connectivity index (χ4v) is 4.40. The van der Waals surface area contributed by atoms with Crippen molar-refractivity contribution in [1.82, 2.24) is 24.8 Å². The number of hydrogen-bond donors (Lipinski definition) is 0. The Morgan fingerprint density at radius 1 is 1.07 bits per heavy atom. The van der Waals surface area contributed by atoms with E-state index in [0.29, 0.717) is 5.69 Å². The van der Waals surface area contributed by atoms with Gasteiger partial charge in [-0.1, -0.05) is 5.21 Å². The van der Waals surface area contributed by atoms with Crippen LogP contribution in [-0.2, 0) is 6.54 Å². The fraction of sp³-hybridized carbons (Fsp3) is 0.591. The number of carbonyl (C=O) groups excluding carboxylic acids is 1. The summed E-state index contributed by atoms with van der Waals surface area (Å²) in [5, 5.41) is 8.45. The second-order valence-corrected chi connectivity index (χ2v) is 8.12. The topological polar surface area (TPSA) is 72.7 Å². The average Bonchev–Trinajstić information content (AvgIpc) is 3.30. The number of piperidine rings is 2. The van der Waals surface area contributed by atoms with Gasteiger partial charge in [0.1, 0.15) is 11.5 Å². The number of benzene rings is 1. The summed E-state index contributed by atoms with van der Waals surface area (Å²) >= 11 is 0. The van der Waals surface area contributed by atoms with E-state index in [2.05, 4.69) is 15.2 Å². The van der Waals surface area contributed by atoms with Crippen LogP contribution in [0.15, 0.2) is 24.4 Å². The van der Waals surface area contributed by atoms with Crippen LogP contribution >= 0.6 is 0 Å². The van der Waals surface area contributed by atoms with E-state index in [0.717, 1.165) is 75.5 Å². The number of carbonyl (C=O) groups is 1. The fourth-order valence-electron chi connectivity index (χ4n) is 4.40. The standard InChI is InChI=1S/C22H31N5O3/c1-29-19-6-7-21(30-2)17(14-19)15-25-12-8-18(9-13-25)27-16-20(23-24-27)22(28)26-10-4-3-5-11-26/h6-7,14,16,18H,3-5,8-13,15H2,1-2H3. The SMILES string of the molecule is COc1ccc(OC)c(CN2CCC(n3cc(C(=O)N4CCCCC4)nn3)CC2)c1. The van der Waals surface area contributed by atoms with E-state index in [4.69, 9.17) is 9.47 Å². The number of rotatable bonds is 6. The predicted molar refractivity (Wildman–Crippen MR) is 113 cm³/mol. The lowest BCUT2D eigenvalue weighted by Gasteiger charge is -2.32. The highest BCUT2D eigenvalue weighted by Gasteiger charge is 2.25. The van der Waals surface area contributed by atoms with Gasteiger partial charge < -0.3 is 14.4 Å². The van der Waals surface area contributed by atoms with E-state index in [9.17, 15) is 4.79 Å². The van der Waals surface area contributed by atoms with Crippen LogP contribution in [0.1, 0.15) is 54.2 Å². The normalized spacial score (nSPS) is 18.4. The molecule has 2 saturated heterocycles. The molecule has 4 rings (SSSR count). The first-order chi connectivity index (χ1) is 14.7.